The van der Waals surface area contributed by atoms with Crippen molar-refractivity contribution in [2.24, 2.45) is 0 Å². The molecule has 7 heteroatoms. The lowest BCUT2D eigenvalue weighted by molar-refractivity contribution is -0.122. The van der Waals surface area contributed by atoms with Gasteiger partial charge in [-0.15, -0.1) is 0 Å². The van der Waals surface area contributed by atoms with E-state index in [0.29, 0.717) is 17.3 Å². The minimum atomic E-state index is -3.69. The van der Waals surface area contributed by atoms with Gasteiger partial charge in [0.15, 0.2) is 0 Å². The number of aryl methyl sites for hydroxylation is 3. The van der Waals surface area contributed by atoms with Crippen molar-refractivity contribution < 1.29 is 13.2 Å². The van der Waals surface area contributed by atoms with Crippen LogP contribution in [0.3, 0.4) is 0 Å². The van der Waals surface area contributed by atoms with E-state index in [0.717, 1.165) is 34.5 Å². The molecule has 2 aromatic carbocycles. The first-order valence-corrected chi connectivity index (χ1v) is 11.9. The molecule has 2 rings (SSSR count). The van der Waals surface area contributed by atoms with E-state index in [1.165, 1.54) is 11.1 Å². The van der Waals surface area contributed by atoms with Crippen molar-refractivity contribution in [2.45, 2.75) is 53.1 Å². The molecule has 0 aliphatic heterocycles. The number of hydrogen-bond acceptors (Lipinski definition) is 3. The van der Waals surface area contributed by atoms with Crippen molar-refractivity contribution >= 4 is 33.2 Å². The highest BCUT2D eigenvalue weighted by Gasteiger charge is 2.30. The smallest absolute Gasteiger partial charge is 0.243 e. The molecule has 0 spiro atoms. The molecule has 1 N–H and O–H groups in total. The largest absolute Gasteiger partial charge is 0.350 e. The molecule has 1 atom stereocenters. The molecule has 0 bridgehead atoms. The van der Waals surface area contributed by atoms with E-state index < -0.39 is 16.1 Å². The monoisotopic (exact) mass is 436 g/mol. The number of sulfonamides is 1. The third-order valence-electron chi connectivity index (χ3n) is 5.01. The molecule has 158 valence electrons. The van der Waals surface area contributed by atoms with Gasteiger partial charge in [-0.1, -0.05) is 49.7 Å². The van der Waals surface area contributed by atoms with Gasteiger partial charge in [-0.3, -0.25) is 9.10 Å². The highest BCUT2D eigenvalue weighted by molar-refractivity contribution is 7.92. The van der Waals surface area contributed by atoms with E-state index >= 15 is 0 Å². The van der Waals surface area contributed by atoms with Crippen LogP contribution in [0.25, 0.3) is 0 Å². The van der Waals surface area contributed by atoms with Gasteiger partial charge >= 0.3 is 0 Å². The lowest BCUT2D eigenvalue weighted by Gasteiger charge is -2.29. The number of anilines is 1. The molecule has 0 aliphatic rings. The molecular weight excluding hydrogens is 408 g/mol. The number of hydrogen-bond donors (Lipinski definition) is 1. The summed E-state index contributed by atoms with van der Waals surface area (Å²) in [5.74, 6) is -0.362. The Morgan fingerprint density at radius 2 is 1.79 bits per heavy atom. The number of nitrogens with zero attached hydrogens (tertiary/aromatic N) is 1. The zero-order chi connectivity index (χ0) is 21.8. The molecule has 0 saturated heterocycles. The summed E-state index contributed by atoms with van der Waals surface area (Å²) in [4.78, 5) is 12.9. The van der Waals surface area contributed by atoms with Crippen molar-refractivity contribution in [1.82, 2.24) is 5.32 Å². The number of rotatable bonds is 8. The standard InChI is InChI=1S/C22H29ClN2O3S/c1-6-17-9-10-18(7-2)19(12-17)14-24-22(26)16(4)25(29(5,27)28)21-13-20(23)11-8-15(21)3/h8-13,16H,6-7,14H2,1-5H3,(H,24,26). The van der Waals surface area contributed by atoms with Gasteiger partial charge in [0.2, 0.25) is 15.9 Å². The molecule has 1 unspecified atom stereocenters. The van der Waals surface area contributed by atoms with Crippen molar-refractivity contribution in [2.75, 3.05) is 10.6 Å². The summed E-state index contributed by atoms with van der Waals surface area (Å²) in [5, 5.41) is 3.32. The SMILES string of the molecule is CCc1ccc(CC)c(CNC(=O)C(C)N(c2cc(Cl)ccc2C)S(C)(=O)=O)c1. The quantitative estimate of drug-likeness (QED) is 0.672. The topological polar surface area (TPSA) is 66.5 Å². The molecule has 0 fully saturated rings. The van der Waals surface area contributed by atoms with E-state index in [9.17, 15) is 13.2 Å². The van der Waals surface area contributed by atoms with Gasteiger partial charge in [-0.2, -0.15) is 0 Å². The second-order valence-electron chi connectivity index (χ2n) is 7.19. The van der Waals surface area contributed by atoms with Crippen LogP contribution in [0.15, 0.2) is 36.4 Å². The molecule has 0 heterocycles. The lowest BCUT2D eigenvalue weighted by Crippen LogP contribution is -2.48. The molecule has 1 amide bonds. The first kappa shape index (κ1) is 23.2. The van der Waals surface area contributed by atoms with Gasteiger partial charge in [-0.05, 0) is 61.1 Å². The zero-order valence-corrected chi connectivity index (χ0v) is 19.2. The Hall–Kier alpha value is -2.05. The van der Waals surface area contributed by atoms with E-state index in [4.69, 9.17) is 11.6 Å². The Morgan fingerprint density at radius 3 is 2.38 bits per heavy atom. The van der Waals surface area contributed by atoms with E-state index in [-0.39, 0.29) is 5.91 Å². The van der Waals surface area contributed by atoms with Crippen molar-refractivity contribution in [3.63, 3.8) is 0 Å². The van der Waals surface area contributed by atoms with Crippen LogP contribution in [-0.4, -0.2) is 26.6 Å². The summed E-state index contributed by atoms with van der Waals surface area (Å²) in [7, 11) is -3.69. The molecule has 0 saturated carbocycles. The highest BCUT2D eigenvalue weighted by atomic mass is 35.5. The summed E-state index contributed by atoms with van der Waals surface area (Å²) in [6.07, 6.45) is 2.87. The molecule has 29 heavy (non-hydrogen) atoms. The zero-order valence-electron chi connectivity index (χ0n) is 17.6. The maximum absolute atomic E-state index is 12.9. The minimum absolute atomic E-state index is 0.353. The van der Waals surface area contributed by atoms with E-state index in [1.807, 2.05) is 0 Å². The molecule has 0 aromatic heterocycles. The van der Waals surface area contributed by atoms with Gasteiger partial charge in [0, 0.05) is 11.6 Å². The lowest BCUT2D eigenvalue weighted by atomic mass is 10.0. The van der Waals surface area contributed by atoms with Gasteiger partial charge in [0.25, 0.3) is 0 Å². The van der Waals surface area contributed by atoms with Gasteiger partial charge in [-0.25, -0.2) is 8.42 Å². The summed E-state index contributed by atoms with van der Waals surface area (Å²) in [5.41, 5.74) is 4.55. The van der Waals surface area contributed by atoms with E-state index in [2.05, 4.69) is 37.4 Å². The normalized spacial score (nSPS) is 12.5. The van der Waals surface area contributed by atoms with Crippen molar-refractivity contribution in [1.29, 1.82) is 0 Å². The number of carbonyl (C=O) groups excluding carboxylic acids is 1. The Morgan fingerprint density at radius 1 is 1.10 bits per heavy atom. The second-order valence-corrected chi connectivity index (χ2v) is 9.49. The Bertz CT molecular complexity index is 990. The van der Waals surface area contributed by atoms with Gasteiger partial charge in [0.1, 0.15) is 6.04 Å². The molecular formula is C22H29ClN2O3S. The average Bonchev–Trinajstić information content (AvgIpc) is 2.67. The third-order valence-corrected chi connectivity index (χ3v) is 6.47. The van der Waals surface area contributed by atoms with Crippen molar-refractivity contribution in [3.05, 3.63) is 63.7 Å². The van der Waals surface area contributed by atoms with Crippen LogP contribution in [0.5, 0.6) is 0 Å². The summed E-state index contributed by atoms with van der Waals surface area (Å²) in [6.45, 7) is 7.88. The summed E-state index contributed by atoms with van der Waals surface area (Å²) >= 11 is 6.08. The fourth-order valence-corrected chi connectivity index (χ4v) is 4.73. The number of amides is 1. The van der Waals surface area contributed by atoms with Crippen LogP contribution in [0.2, 0.25) is 5.02 Å². The van der Waals surface area contributed by atoms with Gasteiger partial charge < -0.3 is 5.32 Å². The Balaban J connectivity index is 2.28. The first-order valence-electron chi connectivity index (χ1n) is 9.72. The number of benzene rings is 2. The molecule has 0 radical (unpaired) electrons. The fourth-order valence-electron chi connectivity index (χ4n) is 3.34. The molecule has 0 aliphatic carbocycles. The number of carbonyl (C=O) groups is 1. The third kappa shape index (κ3) is 5.73. The second kappa shape index (κ2) is 9.63. The molecule has 2 aromatic rings. The Kier molecular flexibility index (Phi) is 7.72. The van der Waals surface area contributed by atoms with Crippen LogP contribution >= 0.6 is 11.6 Å². The highest BCUT2D eigenvalue weighted by Crippen LogP contribution is 2.28. The van der Waals surface area contributed by atoms with Crippen molar-refractivity contribution in [3.8, 4) is 0 Å². The maximum Gasteiger partial charge on any atom is 0.243 e. The Labute approximate surface area is 179 Å². The van der Waals surface area contributed by atoms with Crippen LogP contribution < -0.4 is 9.62 Å². The fraction of sp³-hybridized carbons (Fsp3) is 0.409. The van der Waals surface area contributed by atoms with Crippen LogP contribution in [0.4, 0.5) is 5.69 Å². The minimum Gasteiger partial charge on any atom is -0.350 e. The average molecular weight is 437 g/mol. The van der Waals surface area contributed by atoms with Gasteiger partial charge in [0.05, 0.1) is 11.9 Å². The predicted molar refractivity (Wildman–Crippen MR) is 120 cm³/mol. The predicted octanol–water partition coefficient (Wildman–Crippen LogP) is 4.24. The van der Waals surface area contributed by atoms with Crippen LogP contribution in [0, 0.1) is 6.92 Å². The van der Waals surface area contributed by atoms with Crippen LogP contribution in [-0.2, 0) is 34.2 Å². The summed E-state index contributed by atoms with van der Waals surface area (Å²) < 4.78 is 26.1. The van der Waals surface area contributed by atoms with Crippen LogP contribution in [0.1, 0.15) is 43.0 Å². The maximum atomic E-state index is 12.9. The van der Waals surface area contributed by atoms with E-state index in [1.54, 1.807) is 32.0 Å². The number of halogens is 1. The summed E-state index contributed by atoms with van der Waals surface area (Å²) in [6, 6.07) is 10.4. The number of nitrogens with one attached hydrogen (secondary N) is 1. The first-order chi connectivity index (χ1) is 13.6. The molecule has 5 nitrogen and oxygen atoms in total.